The second-order valence-electron chi connectivity index (χ2n) is 12.2. The van der Waals surface area contributed by atoms with Gasteiger partial charge in [-0.2, -0.15) is 10.5 Å². The molecule has 50 heavy (non-hydrogen) atoms. The van der Waals surface area contributed by atoms with Crippen LogP contribution in [0.25, 0.3) is 43.5 Å². The maximum atomic E-state index is 10.8. The summed E-state index contributed by atoms with van der Waals surface area (Å²) in [6.45, 7) is 8.27. The highest BCUT2D eigenvalue weighted by atomic mass is 28.3. The van der Waals surface area contributed by atoms with Crippen molar-refractivity contribution in [3.8, 4) is 29.0 Å². The molecule has 0 saturated carbocycles. The fourth-order valence-corrected chi connectivity index (χ4v) is 12.4. The molecule has 1 aromatic heterocycles. The number of hydrogen-bond donors (Lipinski definition) is 0. The molecule has 0 N–H and O–H groups in total. The molecule has 0 aliphatic carbocycles. The van der Waals surface area contributed by atoms with Crippen LogP contribution in [0.15, 0.2) is 170 Å². The lowest BCUT2D eigenvalue weighted by Crippen LogP contribution is -2.75. The minimum Gasteiger partial charge on any atom is -0.309 e. The molecule has 0 fully saturated rings. The van der Waals surface area contributed by atoms with Crippen molar-refractivity contribution in [2.24, 2.45) is 0 Å². The maximum Gasteiger partial charge on any atom is 0.196 e. The lowest BCUT2D eigenvalue weighted by atomic mass is 10.0. The van der Waals surface area contributed by atoms with Crippen molar-refractivity contribution in [3.05, 3.63) is 192 Å². The summed E-state index contributed by atoms with van der Waals surface area (Å²) >= 11 is 0. The van der Waals surface area contributed by atoms with Crippen molar-refractivity contribution in [2.45, 2.75) is 0 Å². The van der Waals surface area contributed by atoms with Gasteiger partial charge in [-0.3, -0.25) is 0 Å². The summed E-state index contributed by atoms with van der Waals surface area (Å²) in [4.78, 5) is 3.99. The van der Waals surface area contributed by atoms with E-state index in [1.807, 2.05) is 60.7 Å². The summed E-state index contributed by atoms with van der Waals surface area (Å²) in [7, 11) is -3.07. The van der Waals surface area contributed by atoms with Crippen LogP contribution in [0.4, 0.5) is 5.69 Å². The molecule has 8 aromatic rings. The largest absolute Gasteiger partial charge is 0.309 e. The molecular formula is C45H28N4Si. The van der Waals surface area contributed by atoms with E-state index in [1.165, 1.54) is 0 Å². The van der Waals surface area contributed by atoms with Crippen molar-refractivity contribution in [1.82, 2.24) is 4.57 Å². The average Bonchev–Trinajstić information content (AvgIpc) is 3.53. The first-order valence-electron chi connectivity index (χ1n) is 16.3. The highest BCUT2D eigenvalue weighted by molar-refractivity contribution is 7.20. The van der Waals surface area contributed by atoms with E-state index in [9.17, 15) is 10.5 Å². The lowest BCUT2D eigenvalue weighted by Gasteiger charge is -2.35. The minimum absolute atomic E-state index is 0.431. The summed E-state index contributed by atoms with van der Waals surface area (Å²) in [5, 5.41) is 26.9. The monoisotopic (exact) mass is 652 g/mol. The van der Waals surface area contributed by atoms with Crippen molar-refractivity contribution < 1.29 is 0 Å². The first kappa shape index (κ1) is 30.4. The van der Waals surface area contributed by atoms with Gasteiger partial charge in [-0.1, -0.05) is 127 Å². The van der Waals surface area contributed by atoms with Crippen LogP contribution < -0.4 is 20.7 Å². The van der Waals surface area contributed by atoms with Gasteiger partial charge < -0.3 is 4.57 Å². The summed E-state index contributed by atoms with van der Waals surface area (Å²) in [6.07, 6.45) is 0. The summed E-state index contributed by atoms with van der Waals surface area (Å²) in [6, 6.07) is 62.5. The van der Waals surface area contributed by atoms with Crippen LogP contribution in [-0.4, -0.2) is 12.6 Å². The standard InChI is InChI=1S/C45H28N4Si/c1-48-42-28-34(31-47)45(50(36-16-5-2-6-17-36,37-18-7-3-8-19-37)38-20-9-4-10-21-38)29-40(42)33-14-13-15-35(27-33)49-43-23-12-11-22-39(43)41-26-32(30-46)24-25-44(41)49/h2-29H. The minimum atomic E-state index is -3.07. The van der Waals surface area contributed by atoms with Gasteiger partial charge in [0.25, 0.3) is 0 Å². The molecule has 1 heterocycles. The van der Waals surface area contributed by atoms with Crippen LogP contribution in [0.1, 0.15) is 11.1 Å². The molecule has 5 heteroatoms. The quantitative estimate of drug-likeness (QED) is 0.104. The molecule has 0 amide bonds. The Morgan fingerprint density at radius 3 is 1.74 bits per heavy atom. The lowest BCUT2D eigenvalue weighted by molar-refractivity contribution is 1.18. The van der Waals surface area contributed by atoms with Gasteiger partial charge >= 0.3 is 0 Å². The summed E-state index contributed by atoms with van der Waals surface area (Å²) in [5.74, 6) is 0. The van der Waals surface area contributed by atoms with E-state index in [4.69, 9.17) is 6.57 Å². The molecule has 232 valence electrons. The van der Waals surface area contributed by atoms with Crippen molar-refractivity contribution in [1.29, 1.82) is 10.5 Å². The van der Waals surface area contributed by atoms with E-state index >= 15 is 0 Å². The van der Waals surface area contributed by atoms with Gasteiger partial charge in [-0.05, 0) is 74.3 Å². The Labute approximate surface area is 291 Å². The Hall–Kier alpha value is -6.97. The first-order chi connectivity index (χ1) is 24.7. The molecule has 0 aliphatic heterocycles. The molecule has 0 saturated heterocycles. The van der Waals surface area contributed by atoms with Crippen LogP contribution in [0, 0.1) is 29.2 Å². The highest BCUT2D eigenvalue weighted by Gasteiger charge is 2.43. The maximum absolute atomic E-state index is 10.8. The second kappa shape index (κ2) is 12.6. The van der Waals surface area contributed by atoms with Crippen molar-refractivity contribution in [2.75, 3.05) is 0 Å². The average molecular weight is 653 g/mol. The van der Waals surface area contributed by atoms with E-state index < -0.39 is 8.07 Å². The number of nitriles is 2. The molecule has 7 aromatic carbocycles. The van der Waals surface area contributed by atoms with Gasteiger partial charge in [0.1, 0.15) is 0 Å². The third kappa shape index (κ3) is 4.80. The normalized spacial score (nSPS) is 11.1. The smallest absolute Gasteiger partial charge is 0.196 e. The van der Waals surface area contributed by atoms with E-state index in [1.54, 1.807) is 6.07 Å². The number of fused-ring (bicyclic) bond motifs is 3. The number of hydrogen-bond acceptors (Lipinski definition) is 2. The molecule has 0 aliphatic rings. The third-order valence-corrected chi connectivity index (χ3v) is 14.4. The first-order valence-corrected chi connectivity index (χ1v) is 18.3. The molecule has 8 rings (SSSR count). The van der Waals surface area contributed by atoms with E-state index in [0.29, 0.717) is 16.8 Å². The number of nitrogens with zero attached hydrogens (tertiary/aromatic N) is 4. The van der Waals surface area contributed by atoms with Crippen LogP contribution >= 0.6 is 0 Å². The Morgan fingerprint density at radius 1 is 0.540 bits per heavy atom. The molecule has 4 nitrogen and oxygen atoms in total. The SMILES string of the molecule is [C-]#[N+]c1cc(C#N)c([Si](c2ccccc2)(c2ccccc2)c2ccccc2)cc1-c1cccc(-n2c3ccccc3c3cc(C#N)ccc32)c1. The predicted molar refractivity (Wildman–Crippen MR) is 206 cm³/mol. The van der Waals surface area contributed by atoms with E-state index in [0.717, 1.165) is 59.4 Å². The zero-order valence-electron chi connectivity index (χ0n) is 27.0. The Bertz CT molecular complexity index is 2580. The van der Waals surface area contributed by atoms with Crippen LogP contribution in [0.3, 0.4) is 0 Å². The van der Waals surface area contributed by atoms with Gasteiger partial charge in [0.15, 0.2) is 13.8 Å². The van der Waals surface area contributed by atoms with Gasteiger partial charge in [0.2, 0.25) is 0 Å². The second-order valence-corrected chi connectivity index (χ2v) is 16.0. The van der Waals surface area contributed by atoms with Crippen LogP contribution in [0.5, 0.6) is 0 Å². The number of rotatable bonds is 6. The molecule has 0 spiro atoms. The Kier molecular flexibility index (Phi) is 7.63. The Balaban J connectivity index is 1.43. The van der Waals surface area contributed by atoms with Crippen LogP contribution in [-0.2, 0) is 0 Å². The van der Waals surface area contributed by atoms with Gasteiger partial charge in [-0.25, -0.2) is 4.85 Å². The fourth-order valence-electron chi connectivity index (χ4n) is 7.48. The van der Waals surface area contributed by atoms with Gasteiger partial charge in [0, 0.05) is 22.0 Å². The molecule has 0 bridgehead atoms. The van der Waals surface area contributed by atoms with Crippen molar-refractivity contribution >= 4 is 56.3 Å². The van der Waals surface area contributed by atoms with Crippen molar-refractivity contribution in [3.63, 3.8) is 0 Å². The third-order valence-electron chi connectivity index (χ3n) is 9.62. The Morgan fingerprint density at radius 2 is 1.14 bits per heavy atom. The zero-order valence-corrected chi connectivity index (χ0v) is 28.0. The van der Waals surface area contributed by atoms with E-state index in [-0.39, 0.29) is 0 Å². The molecule has 0 atom stereocenters. The molecular weight excluding hydrogens is 625 g/mol. The zero-order chi connectivity index (χ0) is 34.1. The van der Waals surface area contributed by atoms with Gasteiger partial charge in [-0.15, -0.1) is 0 Å². The molecule has 0 radical (unpaired) electrons. The topological polar surface area (TPSA) is 56.9 Å². The summed E-state index contributed by atoms with van der Waals surface area (Å²) in [5.41, 5.74) is 6.19. The number of aromatic nitrogens is 1. The summed E-state index contributed by atoms with van der Waals surface area (Å²) < 4.78 is 2.22. The highest BCUT2D eigenvalue weighted by Crippen LogP contribution is 2.36. The fraction of sp³-hybridized carbons (Fsp3) is 0. The number of benzene rings is 7. The van der Waals surface area contributed by atoms with E-state index in [2.05, 4.69) is 125 Å². The predicted octanol–water partition coefficient (Wildman–Crippen LogP) is 8.12. The van der Waals surface area contributed by atoms with Gasteiger partial charge in [0.05, 0.1) is 35.3 Å². The number of para-hydroxylation sites is 1. The molecule has 0 unspecified atom stereocenters. The van der Waals surface area contributed by atoms with Crippen LogP contribution in [0.2, 0.25) is 0 Å².